The second-order valence-electron chi connectivity index (χ2n) is 3.22. The molecule has 0 saturated heterocycles. The fraction of sp³-hybridized carbons (Fsp3) is 0.300. The lowest BCUT2D eigenvalue weighted by atomic mass is 10.1. The van der Waals surface area contributed by atoms with E-state index in [0.29, 0.717) is 15.1 Å². The molecule has 1 unspecified atom stereocenters. The van der Waals surface area contributed by atoms with Crippen LogP contribution in [0.2, 0.25) is 5.02 Å². The Hall–Kier alpha value is -0.770. The van der Waals surface area contributed by atoms with E-state index >= 15 is 0 Å². The Morgan fingerprint density at radius 1 is 1.47 bits per heavy atom. The predicted octanol–water partition coefficient (Wildman–Crippen LogP) is 3.82. The maximum Gasteiger partial charge on any atom is 0.401 e. The summed E-state index contributed by atoms with van der Waals surface area (Å²) in [4.78, 5) is 0. The molecule has 0 heterocycles. The van der Waals surface area contributed by atoms with E-state index < -0.39 is 18.8 Å². The maximum absolute atomic E-state index is 12.0. The summed E-state index contributed by atoms with van der Waals surface area (Å²) in [5, 5.41) is 11.3. The summed E-state index contributed by atoms with van der Waals surface area (Å²) in [6.45, 7) is -1.23. The van der Waals surface area contributed by atoms with Crippen molar-refractivity contribution in [3.05, 3.63) is 33.3 Å². The third-order valence-electron chi connectivity index (χ3n) is 1.90. The highest BCUT2D eigenvalue weighted by Crippen LogP contribution is 2.27. The lowest BCUT2D eigenvalue weighted by Gasteiger charge is -2.15. The van der Waals surface area contributed by atoms with Crippen LogP contribution >= 0.6 is 27.5 Å². The molecule has 0 spiro atoms. The third kappa shape index (κ3) is 4.54. The second-order valence-corrected chi connectivity index (χ2v) is 4.51. The quantitative estimate of drug-likeness (QED) is 0.916. The maximum atomic E-state index is 12.0. The van der Waals surface area contributed by atoms with Crippen molar-refractivity contribution in [1.29, 1.82) is 5.26 Å². The van der Waals surface area contributed by atoms with Crippen molar-refractivity contribution in [2.24, 2.45) is 0 Å². The summed E-state index contributed by atoms with van der Waals surface area (Å²) in [6, 6.07) is 5.30. The van der Waals surface area contributed by atoms with E-state index in [1.165, 1.54) is 6.07 Å². The van der Waals surface area contributed by atoms with Crippen LogP contribution < -0.4 is 5.32 Å². The highest BCUT2D eigenvalue weighted by Gasteiger charge is 2.28. The molecule has 1 N–H and O–H groups in total. The number of halogens is 5. The summed E-state index contributed by atoms with van der Waals surface area (Å²) < 4.78 is 36.6. The van der Waals surface area contributed by atoms with Gasteiger partial charge in [0.25, 0.3) is 0 Å². The van der Waals surface area contributed by atoms with Crippen LogP contribution in [0.1, 0.15) is 11.6 Å². The molecule has 0 bridgehead atoms. The van der Waals surface area contributed by atoms with Crippen molar-refractivity contribution in [3.63, 3.8) is 0 Å². The average molecular weight is 328 g/mol. The number of alkyl halides is 3. The average Bonchev–Trinajstić information content (AvgIpc) is 2.22. The van der Waals surface area contributed by atoms with Crippen LogP contribution in [0.25, 0.3) is 0 Å². The Morgan fingerprint density at radius 2 is 2.12 bits per heavy atom. The van der Waals surface area contributed by atoms with Crippen molar-refractivity contribution in [2.75, 3.05) is 6.54 Å². The molecule has 1 aromatic carbocycles. The highest BCUT2D eigenvalue weighted by atomic mass is 79.9. The van der Waals surface area contributed by atoms with Crippen LogP contribution in [0.4, 0.5) is 13.2 Å². The third-order valence-corrected chi connectivity index (χ3v) is 2.86. The number of rotatable bonds is 3. The Morgan fingerprint density at radius 3 is 2.65 bits per heavy atom. The highest BCUT2D eigenvalue weighted by molar-refractivity contribution is 9.10. The fourth-order valence-corrected chi connectivity index (χ4v) is 1.83. The van der Waals surface area contributed by atoms with E-state index in [-0.39, 0.29) is 0 Å². The van der Waals surface area contributed by atoms with Gasteiger partial charge >= 0.3 is 6.18 Å². The first-order valence-electron chi connectivity index (χ1n) is 4.48. The molecule has 1 rings (SSSR count). The van der Waals surface area contributed by atoms with E-state index in [9.17, 15) is 13.2 Å². The molecule has 0 radical (unpaired) electrons. The van der Waals surface area contributed by atoms with Gasteiger partial charge < -0.3 is 0 Å². The van der Waals surface area contributed by atoms with Gasteiger partial charge in [-0.1, -0.05) is 27.5 Å². The minimum Gasteiger partial charge on any atom is -0.290 e. The summed E-state index contributed by atoms with van der Waals surface area (Å²) in [6.07, 6.45) is -4.36. The first-order valence-corrected chi connectivity index (χ1v) is 5.65. The summed E-state index contributed by atoms with van der Waals surface area (Å²) >= 11 is 8.89. The molecule has 92 valence electrons. The first-order chi connectivity index (χ1) is 7.83. The first kappa shape index (κ1) is 14.3. The SMILES string of the molecule is N#CC(NCC(F)(F)F)c1cc(Cl)ccc1Br. The van der Waals surface area contributed by atoms with Gasteiger partial charge in [-0.25, -0.2) is 0 Å². The standard InChI is InChI=1S/C10H7BrClF3N2/c11-8-2-1-6(12)3-7(8)9(4-16)17-5-10(13,14)15/h1-3,9,17H,5H2. The summed E-state index contributed by atoms with van der Waals surface area (Å²) in [5.74, 6) is 0. The smallest absolute Gasteiger partial charge is 0.290 e. The normalized spacial score (nSPS) is 13.2. The molecule has 0 fully saturated rings. The van der Waals surface area contributed by atoms with E-state index in [0.717, 1.165) is 0 Å². The van der Waals surface area contributed by atoms with Crippen LogP contribution in [0, 0.1) is 11.3 Å². The van der Waals surface area contributed by atoms with Gasteiger partial charge in [-0.3, -0.25) is 5.32 Å². The van der Waals surface area contributed by atoms with Crippen molar-refractivity contribution >= 4 is 27.5 Å². The zero-order chi connectivity index (χ0) is 13.1. The Kier molecular flexibility index (Phi) is 4.80. The van der Waals surface area contributed by atoms with E-state index in [4.69, 9.17) is 16.9 Å². The molecule has 0 aliphatic heterocycles. The largest absolute Gasteiger partial charge is 0.401 e. The molecule has 0 saturated carbocycles. The summed E-state index contributed by atoms with van der Waals surface area (Å²) in [7, 11) is 0. The minimum absolute atomic E-state index is 0.359. The molecular weight excluding hydrogens is 320 g/mol. The van der Waals surface area contributed by atoms with E-state index in [1.807, 2.05) is 0 Å². The molecule has 0 amide bonds. The van der Waals surface area contributed by atoms with Gasteiger partial charge in [0.1, 0.15) is 6.04 Å². The molecule has 0 aliphatic carbocycles. The Bertz CT molecular complexity index is 442. The molecule has 7 heteroatoms. The van der Waals surface area contributed by atoms with Crippen molar-refractivity contribution in [1.82, 2.24) is 5.32 Å². The molecule has 1 aromatic rings. The Labute approximate surface area is 110 Å². The molecule has 2 nitrogen and oxygen atoms in total. The van der Waals surface area contributed by atoms with Crippen molar-refractivity contribution in [3.8, 4) is 6.07 Å². The number of benzene rings is 1. The molecule has 0 aromatic heterocycles. The van der Waals surface area contributed by atoms with E-state index in [2.05, 4.69) is 21.2 Å². The monoisotopic (exact) mass is 326 g/mol. The number of nitriles is 1. The number of hydrogen-bond donors (Lipinski definition) is 1. The number of nitrogens with zero attached hydrogens (tertiary/aromatic N) is 1. The van der Waals surface area contributed by atoms with Gasteiger partial charge in [0.05, 0.1) is 12.6 Å². The van der Waals surface area contributed by atoms with Gasteiger partial charge in [0, 0.05) is 9.50 Å². The van der Waals surface area contributed by atoms with Crippen LogP contribution in [-0.2, 0) is 0 Å². The van der Waals surface area contributed by atoms with Crippen molar-refractivity contribution < 1.29 is 13.2 Å². The fourth-order valence-electron chi connectivity index (χ4n) is 1.18. The number of hydrogen-bond acceptors (Lipinski definition) is 2. The van der Waals surface area contributed by atoms with Crippen LogP contribution in [0.3, 0.4) is 0 Å². The van der Waals surface area contributed by atoms with Crippen LogP contribution in [0.5, 0.6) is 0 Å². The summed E-state index contributed by atoms with van der Waals surface area (Å²) in [5.41, 5.74) is 0.379. The Balaban J connectivity index is 2.88. The van der Waals surface area contributed by atoms with Gasteiger partial charge in [0.15, 0.2) is 0 Å². The molecular formula is C10H7BrClF3N2. The lowest BCUT2D eigenvalue weighted by Crippen LogP contribution is -2.31. The van der Waals surface area contributed by atoms with Gasteiger partial charge in [-0.15, -0.1) is 0 Å². The van der Waals surface area contributed by atoms with Crippen molar-refractivity contribution in [2.45, 2.75) is 12.2 Å². The predicted molar refractivity (Wildman–Crippen MR) is 61.6 cm³/mol. The van der Waals surface area contributed by atoms with E-state index in [1.54, 1.807) is 18.2 Å². The second kappa shape index (κ2) is 5.71. The van der Waals surface area contributed by atoms with Gasteiger partial charge in [0.2, 0.25) is 0 Å². The van der Waals surface area contributed by atoms with Crippen LogP contribution in [0.15, 0.2) is 22.7 Å². The van der Waals surface area contributed by atoms with Crippen LogP contribution in [-0.4, -0.2) is 12.7 Å². The zero-order valence-electron chi connectivity index (χ0n) is 8.35. The topological polar surface area (TPSA) is 35.8 Å². The molecule has 0 aliphatic rings. The molecule has 17 heavy (non-hydrogen) atoms. The zero-order valence-corrected chi connectivity index (χ0v) is 10.7. The van der Waals surface area contributed by atoms with Gasteiger partial charge in [-0.05, 0) is 23.8 Å². The minimum atomic E-state index is -4.36. The lowest BCUT2D eigenvalue weighted by molar-refractivity contribution is -0.125. The number of nitrogens with one attached hydrogen (secondary N) is 1. The molecule has 1 atom stereocenters. The van der Waals surface area contributed by atoms with Gasteiger partial charge in [-0.2, -0.15) is 18.4 Å².